The molecular weight excluding hydrogens is 242 g/mol. The third-order valence-corrected chi connectivity index (χ3v) is 4.30. The van der Waals surface area contributed by atoms with Crippen LogP contribution in [0.1, 0.15) is 25.7 Å². The van der Waals surface area contributed by atoms with Crippen molar-refractivity contribution < 1.29 is 8.78 Å². The first-order valence-electron chi connectivity index (χ1n) is 5.81. The Balaban J connectivity index is 2.08. The molecule has 0 aliphatic heterocycles. The minimum absolute atomic E-state index is 0.164. The van der Waals surface area contributed by atoms with E-state index < -0.39 is 11.6 Å². The van der Waals surface area contributed by atoms with Gasteiger partial charge in [-0.25, -0.2) is 13.8 Å². The van der Waals surface area contributed by atoms with Crippen molar-refractivity contribution >= 4 is 17.6 Å². The zero-order valence-corrected chi connectivity index (χ0v) is 10.6. The Hall–Kier alpha value is -0.840. The molecule has 2 atom stereocenters. The van der Waals surface area contributed by atoms with Gasteiger partial charge in [0.15, 0.2) is 11.6 Å². The van der Waals surface area contributed by atoms with E-state index in [4.69, 9.17) is 0 Å². The van der Waals surface area contributed by atoms with Crippen LogP contribution in [-0.4, -0.2) is 22.5 Å². The summed E-state index contributed by atoms with van der Waals surface area (Å²) in [7, 11) is 0. The van der Waals surface area contributed by atoms with Gasteiger partial charge in [0.1, 0.15) is 5.82 Å². The molecule has 17 heavy (non-hydrogen) atoms. The average Bonchev–Trinajstić information content (AvgIpc) is 2.33. The van der Waals surface area contributed by atoms with Crippen LogP contribution >= 0.6 is 11.8 Å². The van der Waals surface area contributed by atoms with Crippen LogP contribution in [0.5, 0.6) is 0 Å². The number of hydrogen-bond acceptors (Lipinski definition) is 3. The lowest BCUT2D eigenvalue weighted by molar-refractivity contribution is 0.470. The van der Waals surface area contributed by atoms with Gasteiger partial charge in [-0.05, 0) is 19.1 Å². The number of aromatic nitrogens is 1. The summed E-state index contributed by atoms with van der Waals surface area (Å²) in [5.41, 5.74) is 0. The van der Waals surface area contributed by atoms with E-state index in [0.717, 1.165) is 31.5 Å². The minimum Gasteiger partial charge on any atom is -0.364 e. The van der Waals surface area contributed by atoms with Crippen LogP contribution in [0.2, 0.25) is 0 Å². The Morgan fingerprint density at radius 2 is 2.12 bits per heavy atom. The van der Waals surface area contributed by atoms with Crippen LogP contribution < -0.4 is 5.32 Å². The van der Waals surface area contributed by atoms with E-state index in [1.165, 1.54) is 6.42 Å². The third-order valence-electron chi connectivity index (χ3n) is 3.14. The molecule has 0 aromatic carbocycles. The molecule has 1 aliphatic rings. The van der Waals surface area contributed by atoms with Gasteiger partial charge in [-0.1, -0.05) is 12.8 Å². The predicted octanol–water partition coefficient (Wildman–Crippen LogP) is 3.45. The summed E-state index contributed by atoms with van der Waals surface area (Å²) in [5.74, 6) is -1.09. The van der Waals surface area contributed by atoms with Gasteiger partial charge < -0.3 is 5.32 Å². The predicted molar refractivity (Wildman–Crippen MR) is 67.3 cm³/mol. The smallest absolute Gasteiger partial charge is 0.168 e. The molecule has 1 N–H and O–H groups in total. The molecule has 1 saturated carbocycles. The topological polar surface area (TPSA) is 24.9 Å². The Bertz CT molecular complexity index is 387. The van der Waals surface area contributed by atoms with Gasteiger partial charge in [0, 0.05) is 17.4 Å². The molecule has 0 bridgehead atoms. The number of hydrogen-bond donors (Lipinski definition) is 1. The molecular formula is C12H16F2N2S. The lowest BCUT2D eigenvalue weighted by atomic mass is 9.95. The Kier molecular flexibility index (Phi) is 4.20. The van der Waals surface area contributed by atoms with Crippen molar-refractivity contribution in [2.45, 2.75) is 37.0 Å². The highest BCUT2D eigenvalue weighted by molar-refractivity contribution is 7.99. The molecule has 2 rings (SSSR count). The molecule has 1 heterocycles. The quantitative estimate of drug-likeness (QED) is 0.899. The van der Waals surface area contributed by atoms with Gasteiger partial charge in [-0.2, -0.15) is 11.8 Å². The highest BCUT2D eigenvalue weighted by Crippen LogP contribution is 2.29. The second-order valence-electron chi connectivity index (χ2n) is 4.29. The monoisotopic (exact) mass is 258 g/mol. The van der Waals surface area contributed by atoms with Crippen molar-refractivity contribution in [3.63, 3.8) is 0 Å². The van der Waals surface area contributed by atoms with Crippen molar-refractivity contribution in [1.82, 2.24) is 4.98 Å². The zero-order valence-electron chi connectivity index (χ0n) is 9.75. The second kappa shape index (κ2) is 5.67. The normalized spacial score (nSPS) is 24.6. The van der Waals surface area contributed by atoms with Crippen LogP contribution in [-0.2, 0) is 0 Å². The number of rotatable bonds is 3. The number of pyridine rings is 1. The molecule has 5 heteroatoms. The van der Waals surface area contributed by atoms with E-state index in [1.807, 2.05) is 0 Å². The fourth-order valence-electron chi connectivity index (χ4n) is 2.24. The van der Waals surface area contributed by atoms with Gasteiger partial charge in [-0.3, -0.25) is 0 Å². The van der Waals surface area contributed by atoms with E-state index in [-0.39, 0.29) is 11.9 Å². The summed E-state index contributed by atoms with van der Waals surface area (Å²) < 4.78 is 26.2. The van der Waals surface area contributed by atoms with Crippen molar-refractivity contribution in [2.24, 2.45) is 0 Å². The lowest BCUT2D eigenvalue weighted by Gasteiger charge is -2.31. The van der Waals surface area contributed by atoms with Crippen molar-refractivity contribution in [1.29, 1.82) is 0 Å². The highest BCUT2D eigenvalue weighted by Gasteiger charge is 2.25. The maximum absolute atomic E-state index is 13.5. The number of thioether (sulfide) groups is 1. The first-order valence-corrected chi connectivity index (χ1v) is 7.10. The Morgan fingerprint density at radius 3 is 2.82 bits per heavy atom. The molecule has 94 valence electrons. The van der Waals surface area contributed by atoms with Gasteiger partial charge in [0.05, 0.1) is 6.20 Å². The lowest BCUT2D eigenvalue weighted by Crippen LogP contribution is -2.34. The largest absolute Gasteiger partial charge is 0.364 e. The zero-order chi connectivity index (χ0) is 12.3. The van der Waals surface area contributed by atoms with Gasteiger partial charge >= 0.3 is 0 Å². The first kappa shape index (κ1) is 12.6. The second-order valence-corrected chi connectivity index (χ2v) is 5.37. The van der Waals surface area contributed by atoms with Crippen molar-refractivity contribution in [3.05, 3.63) is 23.9 Å². The standard InChI is InChI=1S/C12H16F2N2S/c1-17-11-5-3-2-4-10(11)16-12-9(14)6-8(13)7-15-12/h6-7,10-11H,2-5H2,1H3,(H,15,16). The molecule has 1 fully saturated rings. The summed E-state index contributed by atoms with van der Waals surface area (Å²) in [5, 5.41) is 3.59. The highest BCUT2D eigenvalue weighted by atomic mass is 32.2. The Morgan fingerprint density at radius 1 is 1.35 bits per heavy atom. The molecule has 0 saturated heterocycles. The average molecular weight is 258 g/mol. The number of anilines is 1. The van der Waals surface area contributed by atoms with E-state index in [1.54, 1.807) is 11.8 Å². The van der Waals surface area contributed by atoms with E-state index in [9.17, 15) is 8.78 Å². The molecule has 0 radical (unpaired) electrons. The summed E-state index contributed by atoms with van der Waals surface area (Å²) >= 11 is 1.80. The molecule has 1 aromatic rings. The number of halogens is 2. The molecule has 2 unspecified atom stereocenters. The molecule has 1 aliphatic carbocycles. The van der Waals surface area contributed by atoms with Gasteiger partial charge in [-0.15, -0.1) is 0 Å². The summed E-state index contributed by atoms with van der Waals surface area (Å²) in [6.07, 6.45) is 7.65. The van der Waals surface area contributed by atoms with Crippen LogP contribution in [0.15, 0.2) is 12.3 Å². The summed E-state index contributed by atoms with van der Waals surface area (Å²) in [6.45, 7) is 0. The van der Waals surface area contributed by atoms with Gasteiger partial charge in [0.25, 0.3) is 0 Å². The third kappa shape index (κ3) is 3.09. The van der Waals surface area contributed by atoms with Crippen molar-refractivity contribution in [2.75, 3.05) is 11.6 Å². The molecule has 2 nitrogen and oxygen atoms in total. The summed E-state index contributed by atoms with van der Waals surface area (Å²) in [6, 6.07) is 1.10. The minimum atomic E-state index is -0.641. The molecule has 0 amide bonds. The maximum atomic E-state index is 13.5. The summed E-state index contributed by atoms with van der Waals surface area (Å²) in [4.78, 5) is 3.77. The Labute approximate surface area is 104 Å². The molecule has 1 aromatic heterocycles. The fourth-order valence-corrected chi connectivity index (χ4v) is 3.18. The molecule has 0 spiro atoms. The number of nitrogens with zero attached hydrogens (tertiary/aromatic N) is 1. The van der Waals surface area contributed by atoms with Gasteiger partial charge in [0.2, 0.25) is 0 Å². The van der Waals surface area contributed by atoms with E-state index in [2.05, 4.69) is 16.6 Å². The van der Waals surface area contributed by atoms with Crippen LogP contribution in [0.4, 0.5) is 14.6 Å². The van der Waals surface area contributed by atoms with E-state index >= 15 is 0 Å². The van der Waals surface area contributed by atoms with E-state index in [0.29, 0.717) is 5.25 Å². The van der Waals surface area contributed by atoms with Crippen LogP contribution in [0, 0.1) is 11.6 Å². The van der Waals surface area contributed by atoms with Crippen molar-refractivity contribution in [3.8, 4) is 0 Å². The van der Waals surface area contributed by atoms with Crippen LogP contribution in [0.3, 0.4) is 0 Å². The fraction of sp³-hybridized carbons (Fsp3) is 0.583. The van der Waals surface area contributed by atoms with Crippen LogP contribution in [0.25, 0.3) is 0 Å². The first-order chi connectivity index (χ1) is 8.20. The number of nitrogens with one attached hydrogen (secondary N) is 1. The maximum Gasteiger partial charge on any atom is 0.168 e. The SMILES string of the molecule is CSC1CCCCC1Nc1ncc(F)cc1F.